The molecule has 2 aliphatic heterocycles. The van der Waals surface area contributed by atoms with Crippen molar-refractivity contribution in [2.24, 2.45) is 5.92 Å². The van der Waals surface area contributed by atoms with Crippen molar-refractivity contribution >= 4 is 6.03 Å². The highest BCUT2D eigenvalue weighted by atomic mass is 19.1. The van der Waals surface area contributed by atoms with Crippen molar-refractivity contribution in [2.75, 3.05) is 52.5 Å². The van der Waals surface area contributed by atoms with E-state index in [-0.39, 0.29) is 17.9 Å². The minimum atomic E-state index is -0.330. The minimum absolute atomic E-state index is 0.0461. The Hall–Kier alpha value is -1.86. The number of carbonyl (C=O) groups excluding carboxylic acids is 1. The number of hydrogen-bond donors (Lipinski definition) is 1. The molecule has 27 heavy (non-hydrogen) atoms. The number of likely N-dealkylation sites (tertiary alicyclic amines) is 1. The third-order valence-corrected chi connectivity index (χ3v) is 5.19. The lowest BCUT2D eigenvalue weighted by Gasteiger charge is -2.36. The minimum Gasteiger partial charge on any atom is -0.491 e. The second-order valence-corrected chi connectivity index (χ2v) is 7.46. The molecule has 1 atom stereocenters. The van der Waals surface area contributed by atoms with Crippen LogP contribution in [0.15, 0.2) is 24.3 Å². The Kier molecular flexibility index (Phi) is 7.29. The predicted molar refractivity (Wildman–Crippen MR) is 101 cm³/mol. The zero-order valence-electron chi connectivity index (χ0n) is 16.0. The molecule has 3 rings (SSSR count). The molecule has 7 heteroatoms. The standard InChI is InChI=1S/C20H30FN3O3/c1-16(15-27-19-4-2-3-18(21)13-19)22-20(25)24-7-5-17(6-8-24)14-23-9-11-26-12-10-23/h2-4,13,16-17H,5-12,14-15H2,1H3,(H,22,25). The molecular formula is C20H30FN3O3. The monoisotopic (exact) mass is 379 g/mol. The molecule has 0 aliphatic carbocycles. The Labute approximate surface area is 160 Å². The quantitative estimate of drug-likeness (QED) is 0.824. The van der Waals surface area contributed by atoms with Gasteiger partial charge in [0, 0.05) is 38.8 Å². The summed E-state index contributed by atoms with van der Waals surface area (Å²) in [6.07, 6.45) is 2.08. The number of benzene rings is 1. The summed E-state index contributed by atoms with van der Waals surface area (Å²) < 4.78 is 24.1. The van der Waals surface area contributed by atoms with Crippen molar-refractivity contribution in [1.29, 1.82) is 0 Å². The van der Waals surface area contributed by atoms with E-state index in [0.717, 1.165) is 58.8 Å². The summed E-state index contributed by atoms with van der Waals surface area (Å²) in [5.41, 5.74) is 0. The summed E-state index contributed by atoms with van der Waals surface area (Å²) in [6, 6.07) is 5.84. The van der Waals surface area contributed by atoms with Crippen LogP contribution in [-0.2, 0) is 4.74 Å². The topological polar surface area (TPSA) is 54.0 Å². The van der Waals surface area contributed by atoms with Crippen LogP contribution in [0.5, 0.6) is 5.75 Å². The predicted octanol–water partition coefficient (Wildman–Crippen LogP) is 2.35. The summed E-state index contributed by atoms with van der Waals surface area (Å²) in [7, 11) is 0. The van der Waals surface area contributed by atoms with E-state index in [2.05, 4.69) is 10.2 Å². The maximum atomic E-state index is 13.2. The first kappa shape index (κ1) is 19.9. The second kappa shape index (κ2) is 9.90. The van der Waals surface area contributed by atoms with Gasteiger partial charge in [0.05, 0.1) is 19.3 Å². The molecule has 1 unspecified atom stereocenters. The molecule has 2 heterocycles. The lowest BCUT2D eigenvalue weighted by molar-refractivity contribution is 0.0258. The number of nitrogens with one attached hydrogen (secondary N) is 1. The number of morpholine rings is 1. The molecule has 2 amide bonds. The van der Waals surface area contributed by atoms with Gasteiger partial charge in [-0.1, -0.05) is 6.07 Å². The van der Waals surface area contributed by atoms with E-state index < -0.39 is 0 Å². The summed E-state index contributed by atoms with van der Waals surface area (Å²) in [6.45, 7) is 8.58. The van der Waals surface area contributed by atoms with E-state index in [1.807, 2.05) is 11.8 Å². The van der Waals surface area contributed by atoms with Gasteiger partial charge in [0.1, 0.15) is 18.2 Å². The normalized spacial score (nSPS) is 20.3. The first-order valence-electron chi connectivity index (χ1n) is 9.84. The van der Waals surface area contributed by atoms with Gasteiger partial charge in [0.2, 0.25) is 0 Å². The Bertz CT molecular complexity index is 602. The first-order chi connectivity index (χ1) is 13.1. The number of amides is 2. The van der Waals surface area contributed by atoms with Gasteiger partial charge >= 0.3 is 6.03 Å². The average Bonchev–Trinajstić information content (AvgIpc) is 2.68. The zero-order chi connectivity index (χ0) is 19.1. The van der Waals surface area contributed by atoms with Crippen LogP contribution < -0.4 is 10.1 Å². The average molecular weight is 379 g/mol. The molecule has 2 saturated heterocycles. The first-order valence-corrected chi connectivity index (χ1v) is 9.84. The van der Waals surface area contributed by atoms with Gasteiger partial charge in [0.15, 0.2) is 0 Å². The molecule has 6 nitrogen and oxygen atoms in total. The molecule has 0 aromatic heterocycles. The highest BCUT2D eigenvalue weighted by molar-refractivity contribution is 5.74. The van der Waals surface area contributed by atoms with Crippen LogP contribution >= 0.6 is 0 Å². The van der Waals surface area contributed by atoms with Gasteiger partial charge in [-0.2, -0.15) is 0 Å². The number of rotatable bonds is 6. The van der Waals surface area contributed by atoms with E-state index in [0.29, 0.717) is 18.3 Å². The van der Waals surface area contributed by atoms with Gasteiger partial charge in [0.25, 0.3) is 0 Å². The third-order valence-electron chi connectivity index (χ3n) is 5.19. The Balaban J connectivity index is 1.34. The van der Waals surface area contributed by atoms with Gasteiger partial charge in [-0.25, -0.2) is 9.18 Å². The maximum absolute atomic E-state index is 13.2. The van der Waals surface area contributed by atoms with E-state index in [1.54, 1.807) is 12.1 Å². The number of halogens is 1. The fourth-order valence-corrected chi connectivity index (χ4v) is 3.59. The van der Waals surface area contributed by atoms with Crippen molar-refractivity contribution < 1.29 is 18.7 Å². The fraction of sp³-hybridized carbons (Fsp3) is 0.650. The Morgan fingerprint density at radius 3 is 2.74 bits per heavy atom. The largest absolute Gasteiger partial charge is 0.491 e. The van der Waals surface area contributed by atoms with E-state index in [1.165, 1.54) is 12.1 Å². The van der Waals surface area contributed by atoms with Crippen molar-refractivity contribution in [3.8, 4) is 5.75 Å². The molecule has 0 saturated carbocycles. The molecule has 150 valence electrons. The third kappa shape index (κ3) is 6.36. The van der Waals surface area contributed by atoms with Crippen LogP contribution in [0, 0.1) is 11.7 Å². The van der Waals surface area contributed by atoms with Crippen molar-refractivity contribution in [3.05, 3.63) is 30.1 Å². The smallest absolute Gasteiger partial charge is 0.317 e. The summed E-state index contributed by atoms with van der Waals surface area (Å²) in [5.74, 6) is 0.796. The number of piperidine rings is 1. The molecule has 1 N–H and O–H groups in total. The lowest BCUT2D eigenvalue weighted by Crippen LogP contribution is -2.49. The van der Waals surface area contributed by atoms with Gasteiger partial charge in [-0.15, -0.1) is 0 Å². The number of ether oxygens (including phenoxy) is 2. The number of carbonyl (C=O) groups is 1. The van der Waals surface area contributed by atoms with E-state index in [9.17, 15) is 9.18 Å². The van der Waals surface area contributed by atoms with Crippen molar-refractivity contribution in [1.82, 2.24) is 15.1 Å². The SMILES string of the molecule is CC(COc1cccc(F)c1)NC(=O)N1CCC(CN2CCOCC2)CC1. The second-order valence-electron chi connectivity index (χ2n) is 7.46. The molecule has 2 fully saturated rings. The summed E-state index contributed by atoms with van der Waals surface area (Å²) >= 11 is 0. The Morgan fingerprint density at radius 2 is 2.04 bits per heavy atom. The van der Waals surface area contributed by atoms with Crippen LogP contribution in [0.1, 0.15) is 19.8 Å². The maximum Gasteiger partial charge on any atom is 0.317 e. The molecule has 1 aromatic rings. The van der Waals surface area contributed by atoms with Crippen molar-refractivity contribution in [3.63, 3.8) is 0 Å². The number of hydrogen-bond acceptors (Lipinski definition) is 4. The van der Waals surface area contributed by atoms with Crippen LogP contribution in [0.2, 0.25) is 0 Å². The fourth-order valence-electron chi connectivity index (χ4n) is 3.59. The molecule has 2 aliphatic rings. The Morgan fingerprint density at radius 1 is 1.30 bits per heavy atom. The van der Waals surface area contributed by atoms with Crippen LogP contribution in [0.3, 0.4) is 0 Å². The molecule has 0 radical (unpaired) electrons. The van der Waals surface area contributed by atoms with Gasteiger partial charge < -0.3 is 19.7 Å². The molecule has 0 spiro atoms. The molecule has 1 aromatic carbocycles. The summed E-state index contributed by atoms with van der Waals surface area (Å²) in [4.78, 5) is 16.8. The molecular weight excluding hydrogens is 349 g/mol. The highest BCUT2D eigenvalue weighted by Gasteiger charge is 2.25. The number of urea groups is 1. The summed E-state index contributed by atoms with van der Waals surface area (Å²) in [5, 5.41) is 2.97. The lowest BCUT2D eigenvalue weighted by atomic mass is 9.96. The van der Waals surface area contributed by atoms with Crippen molar-refractivity contribution in [2.45, 2.75) is 25.8 Å². The number of nitrogens with zero attached hydrogens (tertiary/aromatic N) is 2. The van der Waals surface area contributed by atoms with Crippen LogP contribution in [0.4, 0.5) is 9.18 Å². The molecule has 0 bridgehead atoms. The zero-order valence-corrected chi connectivity index (χ0v) is 16.0. The van der Waals surface area contributed by atoms with E-state index >= 15 is 0 Å². The van der Waals surface area contributed by atoms with Gasteiger partial charge in [-0.3, -0.25) is 4.90 Å². The highest BCUT2D eigenvalue weighted by Crippen LogP contribution is 2.19. The van der Waals surface area contributed by atoms with Crippen LogP contribution in [-0.4, -0.2) is 74.4 Å². The van der Waals surface area contributed by atoms with Gasteiger partial charge in [-0.05, 0) is 37.8 Å². The van der Waals surface area contributed by atoms with E-state index in [4.69, 9.17) is 9.47 Å². The van der Waals surface area contributed by atoms with Crippen LogP contribution in [0.25, 0.3) is 0 Å².